The highest BCUT2D eigenvalue weighted by atomic mass is 16.7. The molecule has 0 amide bonds. The Morgan fingerprint density at radius 1 is 0.519 bits per heavy atom. The van der Waals surface area contributed by atoms with E-state index >= 15 is 0 Å². The van der Waals surface area contributed by atoms with Gasteiger partial charge < -0.3 is 14.4 Å². The second-order valence-corrected chi connectivity index (χ2v) is 10.4. The van der Waals surface area contributed by atoms with Gasteiger partial charge in [0.2, 0.25) is 0 Å². The van der Waals surface area contributed by atoms with E-state index < -0.39 is 0 Å². The van der Waals surface area contributed by atoms with Crippen LogP contribution in [0.2, 0.25) is 0 Å². The Kier molecular flexibility index (Phi) is 6.58. The first-order chi connectivity index (χ1) is 12.4. The molecule has 2 rings (SSSR count). The number of hydrogen-bond donors (Lipinski definition) is 0. The molecule has 0 bridgehead atoms. The lowest BCUT2D eigenvalue weighted by Crippen LogP contribution is -2.57. The highest BCUT2D eigenvalue weighted by Crippen LogP contribution is 2.39. The molecule has 0 N–H and O–H groups in total. The van der Waals surface area contributed by atoms with E-state index in [1.54, 1.807) is 25.0 Å². The Morgan fingerprint density at radius 2 is 0.815 bits per heavy atom. The van der Waals surface area contributed by atoms with Crippen LogP contribution in [-0.4, -0.2) is 32.3 Å². The van der Waals surface area contributed by atoms with Crippen molar-refractivity contribution in [3.8, 4) is 0 Å². The molecular weight excluding hydrogens is 340 g/mol. The van der Waals surface area contributed by atoms with Crippen LogP contribution in [0.4, 0.5) is 0 Å². The Morgan fingerprint density at radius 3 is 1.11 bits per heavy atom. The molecular formula is C22H40N2O3. The normalized spacial score (nSPS) is 27.7. The smallest absolute Gasteiger partial charge is 0.146 e. The number of nitrogens with zero attached hydrogens (tertiary/aromatic N) is 2. The fourth-order valence-electron chi connectivity index (χ4n) is 4.80. The van der Waals surface area contributed by atoms with Gasteiger partial charge in [-0.25, -0.2) is 0 Å². The van der Waals surface area contributed by atoms with E-state index in [0.29, 0.717) is 0 Å². The highest BCUT2D eigenvalue weighted by molar-refractivity contribution is 4.94. The van der Waals surface area contributed by atoms with Crippen LogP contribution in [0.15, 0.2) is 25.0 Å². The molecule has 2 aliphatic rings. The van der Waals surface area contributed by atoms with Gasteiger partial charge in [-0.15, -0.1) is 10.1 Å². The summed E-state index contributed by atoms with van der Waals surface area (Å²) < 4.78 is 5.42. The third-order valence-corrected chi connectivity index (χ3v) is 5.95. The predicted octanol–water partition coefficient (Wildman–Crippen LogP) is 5.89. The van der Waals surface area contributed by atoms with Crippen molar-refractivity contribution in [1.29, 1.82) is 0 Å². The Bertz CT molecular complexity index is 470. The van der Waals surface area contributed by atoms with Gasteiger partial charge in [0.15, 0.2) is 0 Å². The summed E-state index contributed by atoms with van der Waals surface area (Å²) in [5, 5.41) is 4.17. The molecule has 0 aliphatic carbocycles. The monoisotopic (exact) mass is 380 g/mol. The van der Waals surface area contributed by atoms with Crippen molar-refractivity contribution in [2.24, 2.45) is 0 Å². The maximum absolute atomic E-state index is 5.92. The van der Waals surface area contributed by atoms with Crippen LogP contribution in [0.25, 0.3) is 0 Å². The maximum atomic E-state index is 5.92. The maximum Gasteiger partial charge on any atom is 0.146 e. The number of ether oxygens (including phenoxy) is 1. The third-order valence-electron chi connectivity index (χ3n) is 5.95. The molecule has 0 unspecified atom stereocenters. The molecule has 2 saturated heterocycles. The summed E-state index contributed by atoms with van der Waals surface area (Å²) in [6, 6.07) is 0. The zero-order valence-electron chi connectivity index (χ0n) is 18.7. The van der Waals surface area contributed by atoms with E-state index in [4.69, 9.17) is 14.4 Å². The van der Waals surface area contributed by atoms with Crippen LogP contribution in [0.5, 0.6) is 0 Å². The van der Waals surface area contributed by atoms with Gasteiger partial charge in [-0.1, -0.05) is 0 Å². The van der Waals surface area contributed by atoms with Crippen LogP contribution < -0.4 is 0 Å². The molecule has 0 aromatic carbocycles. The van der Waals surface area contributed by atoms with Crippen LogP contribution >= 0.6 is 0 Å². The Labute approximate surface area is 166 Å². The van der Waals surface area contributed by atoms with Crippen LogP contribution in [0, 0.1) is 0 Å². The summed E-state index contributed by atoms with van der Waals surface area (Å²) in [5.74, 6) is 0. The van der Waals surface area contributed by atoms with Crippen molar-refractivity contribution in [1.82, 2.24) is 10.1 Å². The summed E-state index contributed by atoms with van der Waals surface area (Å²) in [6.07, 6.45) is 13.3. The number of piperidine rings is 2. The van der Waals surface area contributed by atoms with Crippen molar-refractivity contribution >= 4 is 0 Å². The van der Waals surface area contributed by atoms with Gasteiger partial charge in [-0.3, -0.25) is 0 Å². The van der Waals surface area contributed by atoms with Gasteiger partial charge in [0.05, 0.1) is 22.2 Å². The minimum atomic E-state index is 0.0104. The second-order valence-electron chi connectivity index (χ2n) is 10.4. The van der Waals surface area contributed by atoms with Crippen molar-refractivity contribution in [3.05, 3.63) is 25.0 Å². The largest absolute Gasteiger partial charge is 0.466 e. The quantitative estimate of drug-likeness (QED) is 0.536. The fourth-order valence-corrected chi connectivity index (χ4v) is 4.80. The van der Waals surface area contributed by atoms with E-state index in [-0.39, 0.29) is 22.2 Å². The summed E-state index contributed by atoms with van der Waals surface area (Å²) >= 11 is 0. The van der Waals surface area contributed by atoms with Crippen molar-refractivity contribution in [2.45, 2.75) is 116 Å². The van der Waals surface area contributed by atoms with Gasteiger partial charge >= 0.3 is 0 Å². The standard InChI is InChI=1S/C22H40N2O3/c1-19(2)11-9-12-20(3,4)23(19)26-17-15-25-16-18-27-24-21(5,6)13-10-14-22(24,7)8/h15-18H,9-14H2,1-8H3. The molecule has 2 heterocycles. The van der Waals surface area contributed by atoms with Crippen molar-refractivity contribution in [3.63, 3.8) is 0 Å². The highest BCUT2D eigenvalue weighted by Gasteiger charge is 2.44. The average Bonchev–Trinajstić information content (AvgIpc) is 2.49. The molecule has 0 saturated carbocycles. The topological polar surface area (TPSA) is 34.2 Å². The SMILES string of the molecule is CC1(C)CCCC(C)(C)N1OC=COC=CON1C(C)(C)CCCC1(C)C. The molecule has 2 aliphatic heterocycles. The molecule has 156 valence electrons. The van der Waals surface area contributed by atoms with Gasteiger partial charge in [-0.05, 0) is 93.9 Å². The van der Waals surface area contributed by atoms with E-state index in [9.17, 15) is 0 Å². The fraction of sp³-hybridized carbons (Fsp3) is 0.818. The number of hydrogen-bond acceptors (Lipinski definition) is 5. The molecule has 5 nitrogen and oxygen atoms in total. The Balaban J connectivity index is 1.83. The molecule has 0 aromatic heterocycles. The van der Waals surface area contributed by atoms with Gasteiger partial charge in [0.1, 0.15) is 25.0 Å². The molecule has 5 heteroatoms. The molecule has 0 atom stereocenters. The minimum Gasteiger partial charge on any atom is -0.466 e. The minimum absolute atomic E-state index is 0.0104. The predicted molar refractivity (Wildman–Crippen MR) is 109 cm³/mol. The first kappa shape index (κ1) is 22.1. The molecule has 27 heavy (non-hydrogen) atoms. The lowest BCUT2D eigenvalue weighted by Gasteiger charge is -2.50. The Hall–Kier alpha value is -1.20. The average molecular weight is 381 g/mol. The van der Waals surface area contributed by atoms with Crippen molar-refractivity contribution in [2.75, 3.05) is 0 Å². The van der Waals surface area contributed by atoms with Crippen LogP contribution in [0.1, 0.15) is 93.9 Å². The molecule has 0 spiro atoms. The van der Waals surface area contributed by atoms with Crippen LogP contribution in [0.3, 0.4) is 0 Å². The summed E-state index contributed by atoms with van der Waals surface area (Å²) in [7, 11) is 0. The van der Waals surface area contributed by atoms with Gasteiger partial charge in [0.25, 0.3) is 0 Å². The first-order valence-electron chi connectivity index (χ1n) is 10.3. The summed E-state index contributed by atoms with van der Waals surface area (Å²) in [5.41, 5.74) is 0.0415. The van der Waals surface area contributed by atoms with Crippen LogP contribution in [-0.2, 0) is 14.4 Å². The first-order valence-corrected chi connectivity index (χ1v) is 10.3. The lowest BCUT2D eigenvalue weighted by atomic mass is 9.82. The molecule has 2 fully saturated rings. The zero-order valence-corrected chi connectivity index (χ0v) is 18.7. The van der Waals surface area contributed by atoms with E-state index in [2.05, 4.69) is 65.5 Å². The summed E-state index contributed by atoms with van der Waals surface area (Å²) in [4.78, 5) is 11.8. The third kappa shape index (κ3) is 5.41. The molecule has 0 radical (unpaired) electrons. The van der Waals surface area contributed by atoms with Gasteiger partial charge in [-0.2, -0.15) is 0 Å². The number of rotatable bonds is 6. The van der Waals surface area contributed by atoms with E-state index in [0.717, 1.165) is 25.7 Å². The van der Waals surface area contributed by atoms with Gasteiger partial charge in [0, 0.05) is 0 Å². The zero-order chi connectivity index (χ0) is 20.3. The van der Waals surface area contributed by atoms with E-state index in [1.165, 1.54) is 12.8 Å². The van der Waals surface area contributed by atoms with E-state index in [1.807, 2.05) is 0 Å². The summed E-state index contributed by atoms with van der Waals surface area (Å²) in [6.45, 7) is 17.8. The number of hydroxylamine groups is 4. The molecule has 0 aromatic rings. The lowest BCUT2D eigenvalue weighted by molar-refractivity contribution is -0.248. The second kappa shape index (κ2) is 8.04. The van der Waals surface area contributed by atoms with Crippen molar-refractivity contribution < 1.29 is 14.4 Å².